The Balaban J connectivity index is 2.03. The molecule has 156 valence electrons. The Bertz CT molecular complexity index is 978. The predicted octanol–water partition coefficient (Wildman–Crippen LogP) is 3.19. The Hall–Kier alpha value is -3.66. The molecule has 0 bridgehead atoms. The van der Waals surface area contributed by atoms with Crippen LogP contribution in [0.4, 0.5) is 5.69 Å². The van der Waals surface area contributed by atoms with E-state index in [1.54, 1.807) is 44.2 Å². The summed E-state index contributed by atoms with van der Waals surface area (Å²) in [6, 6.07) is 14.6. The highest BCUT2D eigenvalue weighted by atomic mass is 16.5. The number of nitrogens with zero attached hydrogens (tertiary/aromatic N) is 1. The molecule has 0 spiro atoms. The van der Waals surface area contributed by atoms with Crippen molar-refractivity contribution in [2.45, 2.75) is 39.8 Å². The topological polar surface area (TPSA) is 108 Å². The lowest BCUT2D eigenvalue weighted by atomic mass is 10.0. The second-order valence-corrected chi connectivity index (χ2v) is 7.27. The molecule has 0 radical (unpaired) electrons. The third kappa shape index (κ3) is 5.92. The summed E-state index contributed by atoms with van der Waals surface area (Å²) in [5, 5.41) is 14.3. The standard InChI is InChI=1S/C23H25N3O4/c1-14(2)20(26-22(28)19-11-6-5-8-15(19)3)23(29)30-16(4)21(27)25-18-10-7-9-17(12-18)13-24/h5-12,14,16,20H,1-4H3,(H,25,27)(H,26,28)/t16-,20-/m0/s1. The monoisotopic (exact) mass is 407 g/mol. The lowest BCUT2D eigenvalue weighted by molar-refractivity contribution is -0.156. The van der Waals surface area contributed by atoms with Gasteiger partial charge in [-0.15, -0.1) is 0 Å². The quantitative estimate of drug-likeness (QED) is 0.685. The zero-order valence-corrected chi connectivity index (χ0v) is 17.4. The zero-order valence-electron chi connectivity index (χ0n) is 17.4. The SMILES string of the molecule is Cc1ccccc1C(=O)N[C@H](C(=O)O[C@@H](C)C(=O)Nc1cccc(C#N)c1)C(C)C. The number of nitriles is 1. The fourth-order valence-corrected chi connectivity index (χ4v) is 2.76. The highest BCUT2D eigenvalue weighted by molar-refractivity contribution is 5.99. The zero-order chi connectivity index (χ0) is 22.3. The number of hydrogen-bond donors (Lipinski definition) is 2. The maximum atomic E-state index is 12.6. The van der Waals surface area contributed by atoms with Crippen LogP contribution in [0.15, 0.2) is 48.5 Å². The number of amides is 2. The highest BCUT2D eigenvalue weighted by Gasteiger charge is 2.29. The van der Waals surface area contributed by atoms with Gasteiger partial charge in [0.2, 0.25) is 0 Å². The van der Waals surface area contributed by atoms with Gasteiger partial charge in [0, 0.05) is 11.3 Å². The Morgan fingerprint density at radius 1 is 1.03 bits per heavy atom. The molecule has 2 N–H and O–H groups in total. The molecular formula is C23H25N3O4. The van der Waals surface area contributed by atoms with Crippen LogP contribution in [-0.4, -0.2) is 29.9 Å². The van der Waals surface area contributed by atoms with Gasteiger partial charge in [-0.25, -0.2) is 4.79 Å². The summed E-state index contributed by atoms with van der Waals surface area (Å²) in [5.41, 5.74) is 2.09. The number of aryl methyl sites for hydroxylation is 1. The van der Waals surface area contributed by atoms with Crippen LogP contribution in [-0.2, 0) is 14.3 Å². The average Bonchev–Trinajstić information content (AvgIpc) is 2.71. The van der Waals surface area contributed by atoms with Crippen molar-refractivity contribution in [3.63, 3.8) is 0 Å². The number of hydrogen-bond acceptors (Lipinski definition) is 5. The molecule has 2 rings (SSSR count). The number of ether oxygens (including phenoxy) is 1. The Labute approximate surface area is 176 Å². The number of rotatable bonds is 7. The van der Waals surface area contributed by atoms with Crippen LogP contribution < -0.4 is 10.6 Å². The van der Waals surface area contributed by atoms with Gasteiger partial charge < -0.3 is 15.4 Å². The molecule has 0 saturated carbocycles. The molecule has 2 amide bonds. The van der Waals surface area contributed by atoms with Gasteiger partial charge in [0.15, 0.2) is 6.10 Å². The maximum absolute atomic E-state index is 12.6. The minimum Gasteiger partial charge on any atom is -0.451 e. The van der Waals surface area contributed by atoms with Crippen molar-refractivity contribution in [3.05, 3.63) is 65.2 Å². The van der Waals surface area contributed by atoms with Gasteiger partial charge in [-0.2, -0.15) is 5.26 Å². The molecule has 0 aliphatic carbocycles. The minimum absolute atomic E-state index is 0.243. The first-order valence-corrected chi connectivity index (χ1v) is 9.61. The Kier molecular flexibility index (Phi) is 7.70. The first-order valence-electron chi connectivity index (χ1n) is 9.61. The van der Waals surface area contributed by atoms with Crippen molar-refractivity contribution in [1.29, 1.82) is 5.26 Å². The molecular weight excluding hydrogens is 382 g/mol. The molecule has 0 fully saturated rings. The Morgan fingerprint density at radius 2 is 1.73 bits per heavy atom. The number of esters is 1. The van der Waals surface area contributed by atoms with Gasteiger partial charge in [0.25, 0.3) is 11.8 Å². The van der Waals surface area contributed by atoms with Crippen LogP contribution >= 0.6 is 0 Å². The van der Waals surface area contributed by atoms with Crippen LogP contribution in [0.1, 0.15) is 42.3 Å². The van der Waals surface area contributed by atoms with Gasteiger partial charge in [-0.05, 0) is 49.6 Å². The molecule has 0 heterocycles. The van der Waals surface area contributed by atoms with Crippen LogP contribution in [0.5, 0.6) is 0 Å². The predicted molar refractivity (Wildman–Crippen MR) is 113 cm³/mol. The maximum Gasteiger partial charge on any atom is 0.329 e. The second-order valence-electron chi connectivity index (χ2n) is 7.27. The number of nitrogens with one attached hydrogen (secondary N) is 2. The first kappa shape index (κ1) is 22.6. The van der Waals surface area contributed by atoms with E-state index >= 15 is 0 Å². The average molecular weight is 407 g/mol. The van der Waals surface area contributed by atoms with Crippen LogP contribution in [0.25, 0.3) is 0 Å². The molecule has 0 unspecified atom stereocenters. The van der Waals surface area contributed by atoms with Crippen molar-refractivity contribution in [2.24, 2.45) is 5.92 Å². The fraction of sp³-hybridized carbons (Fsp3) is 0.304. The fourth-order valence-electron chi connectivity index (χ4n) is 2.76. The second kappa shape index (κ2) is 10.2. The minimum atomic E-state index is -1.08. The molecule has 0 aromatic heterocycles. The lowest BCUT2D eigenvalue weighted by Gasteiger charge is -2.23. The molecule has 7 heteroatoms. The van der Waals surface area contributed by atoms with Crippen molar-refractivity contribution in [2.75, 3.05) is 5.32 Å². The third-order valence-electron chi connectivity index (χ3n) is 4.52. The van der Waals surface area contributed by atoms with E-state index in [0.717, 1.165) is 5.56 Å². The van der Waals surface area contributed by atoms with Gasteiger partial charge in [-0.3, -0.25) is 9.59 Å². The lowest BCUT2D eigenvalue weighted by Crippen LogP contribution is -2.47. The summed E-state index contributed by atoms with van der Waals surface area (Å²) < 4.78 is 5.30. The molecule has 2 aromatic carbocycles. The molecule has 0 aliphatic heterocycles. The van der Waals surface area contributed by atoms with Crippen molar-refractivity contribution < 1.29 is 19.1 Å². The highest BCUT2D eigenvalue weighted by Crippen LogP contribution is 2.13. The van der Waals surface area contributed by atoms with Crippen molar-refractivity contribution in [1.82, 2.24) is 5.32 Å². The van der Waals surface area contributed by atoms with E-state index < -0.39 is 24.0 Å². The molecule has 2 atom stereocenters. The number of carbonyl (C=O) groups excluding carboxylic acids is 3. The summed E-state index contributed by atoms with van der Waals surface area (Å²) in [6.07, 6.45) is -1.08. The van der Waals surface area contributed by atoms with Gasteiger partial charge in [0.05, 0.1) is 11.6 Å². The summed E-state index contributed by atoms with van der Waals surface area (Å²) in [6.45, 7) is 6.82. The van der Waals surface area contributed by atoms with E-state index in [4.69, 9.17) is 10.00 Å². The molecule has 2 aromatic rings. The molecule has 0 saturated heterocycles. The Morgan fingerprint density at radius 3 is 2.37 bits per heavy atom. The summed E-state index contributed by atoms with van der Waals surface area (Å²) >= 11 is 0. The molecule has 7 nitrogen and oxygen atoms in total. The summed E-state index contributed by atoms with van der Waals surface area (Å²) in [7, 11) is 0. The van der Waals surface area contributed by atoms with E-state index in [2.05, 4.69) is 10.6 Å². The van der Waals surface area contributed by atoms with E-state index in [0.29, 0.717) is 16.8 Å². The largest absolute Gasteiger partial charge is 0.451 e. The number of anilines is 1. The van der Waals surface area contributed by atoms with E-state index in [1.807, 2.05) is 25.1 Å². The van der Waals surface area contributed by atoms with Gasteiger partial charge >= 0.3 is 5.97 Å². The third-order valence-corrected chi connectivity index (χ3v) is 4.52. The molecule has 0 aliphatic rings. The normalized spacial score (nSPS) is 12.4. The van der Waals surface area contributed by atoms with Crippen LogP contribution in [0.2, 0.25) is 0 Å². The van der Waals surface area contributed by atoms with E-state index in [-0.39, 0.29) is 11.8 Å². The van der Waals surface area contributed by atoms with Crippen LogP contribution in [0.3, 0.4) is 0 Å². The smallest absolute Gasteiger partial charge is 0.329 e. The summed E-state index contributed by atoms with van der Waals surface area (Å²) in [4.78, 5) is 37.6. The van der Waals surface area contributed by atoms with Gasteiger partial charge in [0.1, 0.15) is 6.04 Å². The first-order chi connectivity index (χ1) is 14.2. The molecule has 30 heavy (non-hydrogen) atoms. The van der Waals surface area contributed by atoms with Gasteiger partial charge in [-0.1, -0.05) is 38.1 Å². The number of benzene rings is 2. The van der Waals surface area contributed by atoms with E-state index in [9.17, 15) is 14.4 Å². The number of carbonyl (C=O) groups is 3. The van der Waals surface area contributed by atoms with Crippen molar-refractivity contribution in [3.8, 4) is 6.07 Å². The van der Waals surface area contributed by atoms with Crippen LogP contribution in [0, 0.1) is 24.2 Å². The van der Waals surface area contributed by atoms with Crippen molar-refractivity contribution >= 4 is 23.5 Å². The summed E-state index contributed by atoms with van der Waals surface area (Å²) in [5.74, 6) is -1.85. The van der Waals surface area contributed by atoms with E-state index in [1.165, 1.54) is 13.0 Å².